The predicted octanol–water partition coefficient (Wildman–Crippen LogP) is 1.98. The Kier molecular flexibility index (Phi) is 4.50. The van der Waals surface area contributed by atoms with Crippen molar-refractivity contribution in [3.05, 3.63) is 48.3 Å². The van der Waals surface area contributed by atoms with Crippen LogP contribution in [0.1, 0.15) is 11.4 Å². The van der Waals surface area contributed by atoms with Gasteiger partial charge in [0.25, 0.3) is 0 Å². The second kappa shape index (κ2) is 7.65. The summed E-state index contributed by atoms with van der Waals surface area (Å²) < 4.78 is 0. The number of nitrogens with one attached hydrogen (secondary N) is 2. The van der Waals surface area contributed by atoms with E-state index < -0.39 is 0 Å². The summed E-state index contributed by atoms with van der Waals surface area (Å²) in [5.74, 6) is 0.687. The number of aliphatic imine (C=N–C) groups is 1. The molecule has 32 heavy (non-hydrogen) atoms. The van der Waals surface area contributed by atoms with Crippen LogP contribution >= 0.6 is 0 Å². The van der Waals surface area contributed by atoms with Crippen LogP contribution in [0.5, 0.6) is 0 Å². The Labute approximate surface area is 184 Å². The molecule has 10 nitrogen and oxygen atoms in total. The number of hydrogen-bond acceptors (Lipinski definition) is 8. The van der Waals surface area contributed by atoms with Gasteiger partial charge in [0.2, 0.25) is 0 Å². The number of likely N-dealkylation sites (N-methyl/N-ethyl adjacent to an activating group) is 1. The number of aromatic nitrogens is 7. The fourth-order valence-electron chi connectivity index (χ4n) is 4.15. The van der Waals surface area contributed by atoms with E-state index in [2.05, 4.69) is 53.1 Å². The van der Waals surface area contributed by atoms with E-state index >= 15 is 0 Å². The molecular weight excluding hydrogens is 404 g/mol. The van der Waals surface area contributed by atoms with E-state index in [4.69, 9.17) is 9.97 Å². The molecule has 0 amide bonds. The van der Waals surface area contributed by atoms with Crippen molar-refractivity contribution >= 4 is 22.9 Å². The Balaban J connectivity index is 1.41. The average Bonchev–Trinajstić information content (AvgIpc) is 3.39. The van der Waals surface area contributed by atoms with Gasteiger partial charge in [-0.2, -0.15) is 5.10 Å². The van der Waals surface area contributed by atoms with Gasteiger partial charge in [0.1, 0.15) is 17.5 Å². The van der Waals surface area contributed by atoms with Crippen molar-refractivity contribution in [2.75, 3.05) is 33.2 Å². The van der Waals surface area contributed by atoms with E-state index in [1.165, 1.54) is 6.33 Å². The van der Waals surface area contributed by atoms with Crippen molar-refractivity contribution in [1.82, 2.24) is 44.9 Å². The Bertz CT molecular complexity index is 1330. The minimum absolute atomic E-state index is 0.554. The standard InChI is InChI=1S/C22H22N10/c1-31-6-8-32(9-7-31)18-4-5-23-12-17-19(18)28-22(27-17)21-20-16(29-30-21)3-2-15(26-20)14-10-24-13-25-11-14/h2-5,10-11,13H,6-9,12H2,1H3,(H,27,28)(H,29,30). The zero-order valence-corrected chi connectivity index (χ0v) is 17.7. The highest BCUT2D eigenvalue weighted by molar-refractivity contribution is 5.90. The largest absolute Gasteiger partial charge is 0.367 e. The highest BCUT2D eigenvalue weighted by Gasteiger charge is 2.25. The molecule has 0 aromatic carbocycles. The summed E-state index contributed by atoms with van der Waals surface area (Å²) in [6.45, 7) is 4.54. The molecule has 0 spiro atoms. The fraction of sp³-hybridized carbons (Fsp3) is 0.273. The Morgan fingerprint density at radius 2 is 1.81 bits per heavy atom. The molecule has 2 N–H and O–H groups in total. The molecule has 0 bridgehead atoms. The number of aromatic amines is 2. The molecule has 2 aliphatic rings. The van der Waals surface area contributed by atoms with Gasteiger partial charge in [0, 0.05) is 50.4 Å². The van der Waals surface area contributed by atoms with E-state index in [0.717, 1.165) is 65.6 Å². The van der Waals surface area contributed by atoms with E-state index in [-0.39, 0.29) is 0 Å². The topological polar surface area (TPSA) is 115 Å². The summed E-state index contributed by atoms with van der Waals surface area (Å²) >= 11 is 0. The van der Waals surface area contributed by atoms with Crippen LogP contribution in [0.2, 0.25) is 0 Å². The van der Waals surface area contributed by atoms with Gasteiger partial charge >= 0.3 is 0 Å². The van der Waals surface area contributed by atoms with E-state index in [1.807, 2.05) is 18.3 Å². The molecule has 0 atom stereocenters. The highest BCUT2D eigenvalue weighted by atomic mass is 15.3. The Morgan fingerprint density at radius 3 is 2.66 bits per heavy atom. The van der Waals surface area contributed by atoms with Crippen molar-refractivity contribution in [1.29, 1.82) is 0 Å². The third-order valence-electron chi connectivity index (χ3n) is 5.94. The van der Waals surface area contributed by atoms with E-state index in [1.54, 1.807) is 12.4 Å². The van der Waals surface area contributed by atoms with Crippen molar-refractivity contribution < 1.29 is 0 Å². The molecule has 4 aromatic rings. The monoisotopic (exact) mass is 426 g/mol. The number of H-pyrrole nitrogens is 2. The number of imidazole rings is 1. The van der Waals surface area contributed by atoms with Crippen LogP contribution in [-0.2, 0) is 6.54 Å². The SMILES string of the molecule is CN1CCN(C2=CC=NCc3[nH]c(-c4n[nH]c5ccc(-c6cncnc6)nc45)nc32)CC1. The van der Waals surface area contributed by atoms with Crippen LogP contribution in [0, 0.1) is 0 Å². The van der Waals surface area contributed by atoms with Crippen LogP contribution in [0.25, 0.3) is 39.5 Å². The van der Waals surface area contributed by atoms with Gasteiger partial charge in [0.15, 0.2) is 11.5 Å². The molecule has 160 valence electrons. The number of hydrogen-bond donors (Lipinski definition) is 2. The molecule has 0 unspecified atom stereocenters. The molecule has 6 heterocycles. The number of allylic oxidation sites excluding steroid dienone is 1. The summed E-state index contributed by atoms with van der Waals surface area (Å²) in [4.78, 5) is 30.7. The highest BCUT2D eigenvalue weighted by Crippen LogP contribution is 2.30. The van der Waals surface area contributed by atoms with Crippen molar-refractivity contribution in [3.63, 3.8) is 0 Å². The van der Waals surface area contributed by atoms with Gasteiger partial charge in [-0.15, -0.1) is 0 Å². The van der Waals surface area contributed by atoms with Crippen LogP contribution in [0.3, 0.4) is 0 Å². The van der Waals surface area contributed by atoms with Gasteiger partial charge in [-0.3, -0.25) is 10.1 Å². The summed E-state index contributed by atoms with van der Waals surface area (Å²) in [6.07, 6.45) is 8.95. The van der Waals surface area contributed by atoms with Crippen molar-refractivity contribution in [3.8, 4) is 22.8 Å². The lowest BCUT2D eigenvalue weighted by Crippen LogP contribution is -2.43. The molecule has 0 aliphatic carbocycles. The Morgan fingerprint density at radius 1 is 0.969 bits per heavy atom. The zero-order valence-electron chi connectivity index (χ0n) is 17.7. The maximum atomic E-state index is 4.98. The van der Waals surface area contributed by atoms with Gasteiger partial charge in [-0.1, -0.05) is 0 Å². The van der Waals surface area contributed by atoms with Crippen LogP contribution in [0.15, 0.2) is 41.9 Å². The summed E-state index contributed by atoms with van der Waals surface area (Å²) in [7, 11) is 2.16. The molecule has 0 saturated carbocycles. The summed E-state index contributed by atoms with van der Waals surface area (Å²) in [6, 6.07) is 3.90. The predicted molar refractivity (Wildman–Crippen MR) is 122 cm³/mol. The lowest BCUT2D eigenvalue weighted by atomic mass is 10.2. The maximum Gasteiger partial charge on any atom is 0.161 e. The molecule has 6 rings (SSSR count). The molecule has 0 radical (unpaired) electrons. The zero-order chi connectivity index (χ0) is 21.5. The first-order chi connectivity index (χ1) is 15.8. The minimum atomic E-state index is 0.554. The number of fused-ring (bicyclic) bond motifs is 2. The third kappa shape index (κ3) is 3.25. The molecule has 1 saturated heterocycles. The van der Waals surface area contributed by atoms with Crippen molar-refractivity contribution in [2.45, 2.75) is 6.54 Å². The number of rotatable bonds is 3. The van der Waals surface area contributed by atoms with E-state index in [0.29, 0.717) is 18.1 Å². The fourth-order valence-corrected chi connectivity index (χ4v) is 4.15. The third-order valence-corrected chi connectivity index (χ3v) is 5.94. The summed E-state index contributed by atoms with van der Waals surface area (Å²) in [5.41, 5.74) is 6.96. The van der Waals surface area contributed by atoms with Gasteiger partial charge in [-0.25, -0.2) is 19.9 Å². The molecule has 10 heteroatoms. The van der Waals surface area contributed by atoms with Gasteiger partial charge in [-0.05, 0) is 25.3 Å². The van der Waals surface area contributed by atoms with Gasteiger partial charge < -0.3 is 14.8 Å². The smallest absolute Gasteiger partial charge is 0.161 e. The number of piperazine rings is 1. The van der Waals surface area contributed by atoms with Crippen LogP contribution in [0.4, 0.5) is 0 Å². The Hall–Kier alpha value is -3.92. The molecule has 4 aromatic heterocycles. The van der Waals surface area contributed by atoms with Gasteiger partial charge in [0.05, 0.1) is 29.1 Å². The second-order valence-corrected chi connectivity index (χ2v) is 8.04. The molecule has 1 fully saturated rings. The van der Waals surface area contributed by atoms with E-state index in [9.17, 15) is 0 Å². The summed E-state index contributed by atoms with van der Waals surface area (Å²) in [5, 5.41) is 7.60. The number of nitrogens with zero attached hydrogens (tertiary/aromatic N) is 8. The maximum absolute atomic E-state index is 4.98. The first-order valence-electron chi connectivity index (χ1n) is 10.6. The van der Waals surface area contributed by atoms with Crippen molar-refractivity contribution in [2.24, 2.45) is 4.99 Å². The molecular formula is C22H22N10. The minimum Gasteiger partial charge on any atom is -0.367 e. The first-order valence-corrected chi connectivity index (χ1v) is 10.6. The second-order valence-electron chi connectivity index (χ2n) is 8.04. The average molecular weight is 426 g/mol. The van der Waals surface area contributed by atoms with Crippen LogP contribution < -0.4 is 0 Å². The molecule has 2 aliphatic heterocycles. The normalized spacial score (nSPS) is 16.8. The first kappa shape index (κ1) is 18.8. The lowest BCUT2D eigenvalue weighted by molar-refractivity contribution is 0.207. The number of pyridine rings is 1. The lowest BCUT2D eigenvalue weighted by Gasteiger charge is -2.35. The van der Waals surface area contributed by atoms with Crippen LogP contribution in [-0.4, -0.2) is 84.4 Å². The quantitative estimate of drug-likeness (QED) is 0.515.